The summed E-state index contributed by atoms with van der Waals surface area (Å²) < 4.78 is 5.12. The van der Waals surface area contributed by atoms with Gasteiger partial charge in [-0.1, -0.05) is 41.9 Å². The van der Waals surface area contributed by atoms with Gasteiger partial charge in [0.25, 0.3) is 0 Å². The number of aromatic nitrogens is 1. The molecule has 2 aromatic rings. The number of nitrogens with zero attached hydrogens (tertiary/aromatic N) is 1. The highest BCUT2D eigenvalue weighted by Crippen LogP contribution is 2.26. The van der Waals surface area contributed by atoms with E-state index in [9.17, 15) is 4.79 Å². The minimum Gasteiger partial charge on any atom is -0.458 e. The minimum atomic E-state index is -0.441. The molecule has 0 saturated heterocycles. The Morgan fingerprint density at radius 3 is 2.47 bits per heavy atom. The van der Waals surface area contributed by atoms with Gasteiger partial charge >= 0.3 is 5.97 Å². The second-order valence-electron chi connectivity index (χ2n) is 4.35. The molecule has 0 atom stereocenters. The highest BCUT2D eigenvalue weighted by Gasteiger charge is 2.14. The fraction of sp³-hybridized carbons (Fsp3) is 0.200. The third kappa shape index (κ3) is 3.32. The molecule has 0 saturated carbocycles. The van der Waals surface area contributed by atoms with Crippen LogP contribution in [0.1, 0.15) is 24.3 Å². The van der Waals surface area contributed by atoms with Crippen LogP contribution in [0.5, 0.6) is 0 Å². The Labute approximate surface area is 117 Å². The van der Waals surface area contributed by atoms with E-state index in [1.807, 2.05) is 30.3 Å². The van der Waals surface area contributed by atoms with E-state index in [1.54, 1.807) is 26.0 Å². The average molecular weight is 276 g/mol. The molecule has 4 heteroatoms. The lowest BCUT2D eigenvalue weighted by atomic mass is 10.1. The van der Waals surface area contributed by atoms with Crippen LogP contribution >= 0.6 is 11.6 Å². The fourth-order valence-corrected chi connectivity index (χ4v) is 1.84. The van der Waals surface area contributed by atoms with Crippen molar-refractivity contribution in [3.05, 3.63) is 53.2 Å². The predicted octanol–water partition coefficient (Wildman–Crippen LogP) is 3.97. The summed E-state index contributed by atoms with van der Waals surface area (Å²) in [5, 5.41) is 0.507. The molecule has 19 heavy (non-hydrogen) atoms. The van der Waals surface area contributed by atoms with Crippen LogP contribution in [-0.4, -0.2) is 17.1 Å². The van der Waals surface area contributed by atoms with Crippen LogP contribution in [0.2, 0.25) is 5.02 Å². The molecule has 1 aromatic heterocycles. The SMILES string of the molecule is CC(C)OC(=O)c1ccc(Cl)c(-c2ccccc2)n1. The van der Waals surface area contributed by atoms with E-state index in [1.165, 1.54) is 0 Å². The summed E-state index contributed by atoms with van der Waals surface area (Å²) in [4.78, 5) is 16.1. The van der Waals surface area contributed by atoms with Gasteiger partial charge in [0.05, 0.1) is 16.8 Å². The van der Waals surface area contributed by atoms with Crippen LogP contribution in [0, 0.1) is 0 Å². The molecule has 0 aliphatic heterocycles. The highest BCUT2D eigenvalue weighted by molar-refractivity contribution is 6.33. The topological polar surface area (TPSA) is 39.2 Å². The number of carbonyl (C=O) groups is 1. The zero-order chi connectivity index (χ0) is 13.8. The number of carbonyl (C=O) groups excluding carboxylic acids is 1. The van der Waals surface area contributed by atoms with E-state index in [0.29, 0.717) is 10.7 Å². The number of pyridine rings is 1. The third-order valence-electron chi connectivity index (χ3n) is 2.45. The Bertz CT molecular complexity index is 582. The average Bonchev–Trinajstić information content (AvgIpc) is 2.39. The van der Waals surface area contributed by atoms with Gasteiger partial charge in [0.15, 0.2) is 0 Å². The Hall–Kier alpha value is -1.87. The first-order valence-electron chi connectivity index (χ1n) is 6.01. The number of benzene rings is 1. The summed E-state index contributed by atoms with van der Waals surface area (Å²) >= 11 is 6.13. The van der Waals surface area contributed by atoms with Crippen LogP contribution in [0.4, 0.5) is 0 Å². The van der Waals surface area contributed by atoms with E-state index >= 15 is 0 Å². The number of hydrogen-bond acceptors (Lipinski definition) is 3. The molecule has 2 rings (SSSR count). The number of halogens is 1. The highest BCUT2D eigenvalue weighted by atomic mass is 35.5. The van der Waals surface area contributed by atoms with Gasteiger partial charge in [-0.15, -0.1) is 0 Å². The molecule has 3 nitrogen and oxygen atoms in total. The lowest BCUT2D eigenvalue weighted by molar-refractivity contribution is 0.0371. The molecule has 0 fully saturated rings. The normalized spacial score (nSPS) is 10.5. The van der Waals surface area contributed by atoms with Gasteiger partial charge in [-0.3, -0.25) is 0 Å². The Balaban J connectivity index is 2.38. The van der Waals surface area contributed by atoms with E-state index in [2.05, 4.69) is 4.98 Å². The van der Waals surface area contributed by atoms with Gasteiger partial charge in [-0.25, -0.2) is 9.78 Å². The summed E-state index contributed by atoms with van der Waals surface area (Å²) in [5.74, 6) is -0.441. The summed E-state index contributed by atoms with van der Waals surface area (Å²) in [5.41, 5.74) is 1.71. The van der Waals surface area contributed by atoms with Crippen molar-refractivity contribution in [2.75, 3.05) is 0 Å². The first-order valence-corrected chi connectivity index (χ1v) is 6.38. The molecule has 0 aliphatic rings. The summed E-state index contributed by atoms with van der Waals surface area (Å²) in [6, 6.07) is 12.7. The first-order chi connectivity index (χ1) is 9.08. The van der Waals surface area contributed by atoms with Crippen molar-refractivity contribution in [3.63, 3.8) is 0 Å². The number of ether oxygens (including phenoxy) is 1. The van der Waals surface area contributed by atoms with E-state index in [0.717, 1.165) is 5.56 Å². The lowest BCUT2D eigenvalue weighted by Gasteiger charge is -2.09. The molecule has 0 amide bonds. The Morgan fingerprint density at radius 1 is 1.16 bits per heavy atom. The summed E-state index contributed by atoms with van der Waals surface area (Å²) in [7, 11) is 0. The monoisotopic (exact) mass is 275 g/mol. The quantitative estimate of drug-likeness (QED) is 0.796. The number of hydrogen-bond donors (Lipinski definition) is 0. The number of esters is 1. The third-order valence-corrected chi connectivity index (χ3v) is 2.75. The molecule has 98 valence electrons. The Kier molecular flexibility index (Phi) is 4.17. The van der Waals surface area contributed by atoms with Crippen molar-refractivity contribution in [2.24, 2.45) is 0 Å². The van der Waals surface area contributed by atoms with Crippen molar-refractivity contribution >= 4 is 17.6 Å². The van der Waals surface area contributed by atoms with Gasteiger partial charge in [0.1, 0.15) is 5.69 Å². The van der Waals surface area contributed by atoms with Gasteiger partial charge in [0, 0.05) is 5.56 Å². The standard InChI is InChI=1S/C15H14ClNO2/c1-10(2)19-15(18)13-9-8-12(16)14(17-13)11-6-4-3-5-7-11/h3-10H,1-2H3. The van der Waals surface area contributed by atoms with Gasteiger partial charge < -0.3 is 4.74 Å². The number of rotatable bonds is 3. The lowest BCUT2D eigenvalue weighted by Crippen LogP contribution is -2.13. The van der Waals surface area contributed by atoms with E-state index < -0.39 is 5.97 Å². The first kappa shape index (κ1) is 13.6. The molecule has 0 spiro atoms. The largest absolute Gasteiger partial charge is 0.458 e. The second-order valence-corrected chi connectivity index (χ2v) is 4.75. The van der Waals surface area contributed by atoms with Gasteiger partial charge in [-0.2, -0.15) is 0 Å². The van der Waals surface area contributed by atoms with Crippen molar-refractivity contribution in [3.8, 4) is 11.3 Å². The molecule has 0 N–H and O–H groups in total. The molecular formula is C15H14ClNO2. The maximum absolute atomic E-state index is 11.8. The zero-order valence-electron chi connectivity index (χ0n) is 10.8. The molecule has 1 heterocycles. The van der Waals surface area contributed by atoms with Crippen LogP contribution in [0.15, 0.2) is 42.5 Å². The van der Waals surface area contributed by atoms with Crippen LogP contribution in [0.25, 0.3) is 11.3 Å². The second kappa shape index (κ2) is 5.85. The van der Waals surface area contributed by atoms with Crippen LogP contribution in [0.3, 0.4) is 0 Å². The van der Waals surface area contributed by atoms with Gasteiger partial charge in [-0.05, 0) is 26.0 Å². The molecule has 0 aliphatic carbocycles. The maximum atomic E-state index is 11.8. The van der Waals surface area contributed by atoms with Crippen molar-refractivity contribution in [2.45, 2.75) is 20.0 Å². The molecule has 0 bridgehead atoms. The fourth-order valence-electron chi connectivity index (χ4n) is 1.63. The molecule has 0 unspecified atom stereocenters. The maximum Gasteiger partial charge on any atom is 0.357 e. The predicted molar refractivity (Wildman–Crippen MR) is 75.2 cm³/mol. The van der Waals surface area contributed by atoms with Crippen molar-refractivity contribution in [1.82, 2.24) is 4.98 Å². The van der Waals surface area contributed by atoms with Crippen LogP contribution in [-0.2, 0) is 4.74 Å². The van der Waals surface area contributed by atoms with Crippen molar-refractivity contribution in [1.29, 1.82) is 0 Å². The zero-order valence-corrected chi connectivity index (χ0v) is 11.5. The summed E-state index contributed by atoms with van der Waals surface area (Å²) in [6.45, 7) is 3.60. The Morgan fingerprint density at radius 2 is 1.84 bits per heavy atom. The van der Waals surface area contributed by atoms with Crippen LogP contribution < -0.4 is 0 Å². The molecular weight excluding hydrogens is 262 g/mol. The molecule has 1 aromatic carbocycles. The molecule has 0 radical (unpaired) electrons. The van der Waals surface area contributed by atoms with E-state index in [4.69, 9.17) is 16.3 Å². The van der Waals surface area contributed by atoms with Crippen molar-refractivity contribution < 1.29 is 9.53 Å². The van der Waals surface area contributed by atoms with Gasteiger partial charge in [0.2, 0.25) is 0 Å². The minimum absolute atomic E-state index is 0.176. The van der Waals surface area contributed by atoms with E-state index in [-0.39, 0.29) is 11.8 Å². The smallest absolute Gasteiger partial charge is 0.357 e. The summed E-state index contributed by atoms with van der Waals surface area (Å²) in [6.07, 6.45) is -0.176.